The van der Waals surface area contributed by atoms with Crippen molar-refractivity contribution >= 4 is 30.4 Å². The second kappa shape index (κ2) is 17.0. The number of rotatable bonds is 15. The van der Waals surface area contributed by atoms with Gasteiger partial charge in [0.15, 0.2) is 5.58 Å². The van der Waals surface area contributed by atoms with Crippen LogP contribution in [-0.4, -0.2) is 70.4 Å². The average molecular weight is 721 g/mol. The summed E-state index contributed by atoms with van der Waals surface area (Å²) >= 11 is 0. The number of hydrogen-bond acceptors (Lipinski definition) is 6. The normalized spacial score (nSPS) is 21.3. The van der Waals surface area contributed by atoms with E-state index in [0.29, 0.717) is 11.8 Å². The summed E-state index contributed by atoms with van der Waals surface area (Å²) in [5.41, 5.74) is 3.22. The van der Waals surface area contributed by atoms with Gasteiger partial charge >= 0.3 is 0 Å². The Bertz CT molecular complexity index is 1650. The Morgan fingerprint density at radius 2 is 1.52 bits per heavy atom. The van der Waals surface area contributed by atoms with E-state index in [1.165, 1.54) is 87.8 Å². The lowest BCUT2D eigenvalue weighted by atomic mass is 9.69. The van der Waals surface area contributed by atoms with Crippen LogP contribution < -0.4 is 15.1 Å². The maximum Gasteiger partial charge on any atom is 0.283 e. The highest BCUT2D eigenvalue weighted by molar-refractivity contribution is 6.80. The van der Waals surface area contributed by atoms with Gasteiger partial charge in [-0.2, -0.15) is 0 Å². The molecule has 0 spiro atoms. The van der Waals surface area contributed by atoms with E-state index in [9.17, 15) is 0 Å². The maximum atomic E-state index is 7.48. The van der Waals surface area contributed by atoms with E-state index in [1.54, 1.807) is 0 Å². The van der Waals surface area contributed by atoms with Crippen molar-refractivity contribution in [3.8, 4) is 5.75 Å². The van der Waals surface area contributed by atoms with Crippen molar-refractivity contribution in [2.45, 2.75) is 97.6 Å². The minimum absolute atomic E-state index is 0.0659. The van der Waals surface area contributed by atoms with Gasteiger partial charge in [0.2, 0.25) is 0 Å². The Balaban J connectivity index is 0.972. The molecule has 3 aliphatic rings. The van der Waals surface area contributed by atoms with Gasteiger partial charge in [-0.15, -0.1) is 0 Å². The molecule has 7 heteroatoms. The van der Waals surface area contributed by atoms with Crippen molar-refractivity contribution in [2.24, 2.45) is 29.1 Å². The van der Waals surface area contributed by atoms with E-state index >= 15 is 0 Å². The molecule has 1 aliphatic heterocycles. The molecule has 2 aliphatic carbocycles. The summed E-state index contributed by atoms with van der Waals surface area (Å²) in [6, 6.07) is 26.4. The number of benzene rings is 3. The largest absolute Gasteiger partial charge is 0.493 e. The molecule has 2 heterocycles. The lowest BCUT2D eigenvalue weighted by molar-refractivity contribution is -0.0178. The van der Waals surface area contributed by atoms with Crippen LogP contribution in [0.5, 0.6) is 5.75 Å². The summed E-state index contributed by atoms with van der Waals surface area (Å²) in [7, 11) is 2.83. The number of aryl methyl sites for hydroxylation is 1. The molecule has 52 heavy (non-hydrogen) atoms. The van der Waals surface area contributed by atoms with Crippen LogP contribution in [-0.2, 0) is 17.4 Å². The van der Waals surface area contributed by atoms with E-state index in [2.05, 4.69) is 123 Å². The lowest BCUT2D eigenvalue weighted by Gasteiger charge is -2.46. The van der Waals surface area contributed by atoms with E-state index in [-0.39, 0.29) is 11.5 Å². The van der Waals surface area contributed by atoms with Gasteiger partial charge in [-0.1, -0.05) is 99.4 Å². The third kappa shape index (κ3) is 9.39. The standard InChI is InChI=1S/C45H62N3O3Si/c1-45(2,3)44(51-52(36-15-8-6-9-16-36)37-17-10-7-11-18-37)38-19-13-12-14-35(38)30-48-28-26-33(27-29-48)22-24-41-39-23-25-42(49-32-34-20-21-34)40(31-47(4)5)43(39)50-46-41/h6-11,15-18,23,25,33-35,38,44H,12-14,19-22,24,26-32H2,1-5H3. The van der Waals surface area contributed by atoms with Crippen LogP contribution in [0, 0.1) is 29.1 Å². The first-order valence-corrected chi connectivity index (χ1v) is 21.7. The third-order valence-electron chi connectivity index (χ3n) is 11.9. The number of likely N-dealkylation sites (tertiary alicyclic amines) is 1. The minimum atomic E-state index is -1.38. The lowest BCUT2D eigenvalue weighted by Crippen LogP contribution is -2.54. The van der Waals surface area contributed by atoms with Crippen LogP contribution in [0.4, 0.5) is 0 Å². The Hall–Kier alpha value is -2.97. The quantitative estimate of drug-likeness (QED) is 0.115. The van der Waals surface area contributed by atoms with Crippen molar-refractivity contribution in [2.75, 3.05) is 40.3 Å². The fourth-order valence-corrected chi connectivity index (χ4v) is 11.2. The Labute approximate surface area is 315 Å². The highest BCUT2D eigenvalue weighted by atomic mass is 28.3. The fraction of sp³-hybridized carbons (Fsp3) is 0.578. The van der Waals surface area contributed by atoms with Crippen LogP contribution in [0.3, 0.4) is 0 Å². The SMILES string of the molecule is CN(C)Cc1c(OCC2CC2)ccc2c(CCC3CCN(CC4CCCCC4C(O[Si](c4ccccc4)c4ccccc4)C(C)(C)C)CC3)noc12. The van der Waals surface area contributed by atoms with E-state index < -0.39 is 9.04 Å². The molecule has 3 aromatic carbocycles. The predicted octanol–water partition coefficient (Wildman–Crippen LogP) is 8.37. The third-order valence-corrected chi connectivity index (χ3v) is 14.1. The molecular formula is C45H62N3O3Si. The second-order valence-corrected chi connectivity index (χ2v) is 19.5. The number of fused-ring (bicyclic) bond motifs is 1. The van der Waals surface area contributed by atoms with Gasteiger partial charge in [0.1, 0.15) is 5.75 Å². The highest BCUT2D eigenvalue weighted by Gasteiger charge is 2.42. The van der Waals surface area contributed by atoms with Crippen LogP contribution in [0.2, 0.25) is 0 Å². The molecule has 1 saturated heterocycles. The molecule has 7 rings (SSSR count). The summed E-state index contributed by atoms with van der Waals surface area (Å²) in [6.45, 7) is 12.4. The van der Waals surface area contributed by atoms with Crippen molar-refractivity contribution in [1.29, 1.82) is 0 Å². The highest BCUT2D eigenvalue weighted by Crippen LogP contribution is 2.42. The molecule has 0 bridgehead atoms. The van der Waals surface area contributed by atoms with Crippen molar-refractivity contribution < 1.29 is 13.7 Å². The van der Waals surface area contributed by atoms with Gasteiger partial charge < -0.3 is 23.5 Å². The number of hydrogen-bond donors (Lipinski definition) is 0. The fourth-order valence-electron chi connectivity index (χ4n) is 8.87. The van der Waals surface area contributed by atoms with E-state index in [0.717, 1.165) is 59.4 Å². The van der Waals surface area contributed by atoms with Crippen LogP contribution in [0.25, 0.3) is 11.0 Å². The summed E-state index contributed by atoms with van der Waals surface area (Å²) in [5, 5.41) is 8.48. The molecule has 3 unspecified atom stereocenters. The predicted molar refractivity (Wildman–Crippen MR) is 215 cm³/mol. The molecule has 3 atom stereocenters. The Morgan fingerprint density at radius 1 is 0.846 bits per heavy atom. The summed E-state index contributed by atoms with van der Waals surface area (Å²) in [4.78, 5) is 4.98. The summed E-state index contributed by atoms with van der Waals surface area (Å²) in [6.07, 6.45) is 12.8. The number of ether oxygens (including phenoxy) is 1. The molecule has 0 amide bonds. The maximum absolute atomic E-state index is 7.48. The Morgan fingerprint density at radius 3 is 2.15 bits per heavy atom. The van der Waals surface area contributed by atoms with E-state index in [1.807, 2.05) is 0 Å². The van der Waals surface area contributed by atoms with Gasteiger partial charge in [-0.3, -0.25) is 0 Å². The zero-order chi connectivity index (χ0) is 36.1. The molecule has 1 aromatic heterocycles. The zero-order valence-corrected chi connectivity index (χ0v) is 33.5. The summed E-state index contributed by atoms with van der Waals surface area (Å²) in [5.74, 6) is 3.67. The summed E-state index contributed by atoms with van der Waals surface area (Å²) < 4.78 is 19.8. The van der Waals surface area contributed by atoms with E-state index in [4.69, 9.17) is 13.7 Å². The average Bonchev–Trinajstić information content (AvgIpc) is 3.89. The van der Waals surface area contributed by atoms with Gasteiger partial charge in [-0.05, 0) is 130 Å². The molecule has 2 saturated carbocycles. The minimum Gasteiger partial charge on any atom is -0.493 e. The molecule has 6 nitrogen and oxygen atoms in total. The van der Waals surface area contributed by atoms with Gasteiger partial charge in [-0.25, -0.2) is 0 Å². The van der Waals surface area contributed by atoms with Gasteiger partial charge in [0.25, 0.3) is 9.04 Å². The number of piperidine rings is 1. The van der Waals surface area contributed by atoms with Crippen LogP contribution in [0.15, 0.2) is 77.3 Å². The number of nitrogens with zero attached hydrogens (tertiary/aromatic N) is 3. The van der Waals surface area contributed by atoms with Crippen molar-refractivity contribution in [3.05, 3.63) is 84.1 Å². The molecular weight excluding hydrogens is 659 g/mol. The zero-order valence-electron chi connectivity index (χ0n) is 32.5. The first-order valence-electron chi connectivity index (χ1n) is 20.3. The first kappa shape index (κ1) is 37.3. The topological polar surface area (TPSA) is 51.0 Å². The van der Waals surface area contributed by atoms with Gasteiger partial charge in [0.05, 0.1) is 24.0 Å². The van der Waals surface area contributed by atoms with Crippen LogP contribution in [0.1, 0.15) is 89.8 Å². The van der Waals surface area contributed by atoms with Crippen molar-refractivity contribution in [3.63, 3.8) is 0 Å². The second-order valence-electron chi connectivity index (χ2n) is 17.5. The smallest absolute Gasteiger partial charge is 0.283 e. The first-order chi connectivity index (χ1) is 25.2. The molecule has 3 fully saturated rings. The van der Waals surface area contributed by atoms with Crippen molar-refractivity contribution in [1.82, 2.24) is 15.0 Å². The van der Waals surface area contributed by atoms with Crippen LogP contribution >= 0.6 is 0 Å². The molecule has 1 radical (unpaired) electrons. The Kier molecular flexibility index (Phi) is 12.2. The van der Waals surface area contributed by atoms with Gasteiger partial charge in [0, 0.05) is 18.5 Å². The monoisotopic (exact) mass is 720 g/mol. The molecule has 279 valence electrons. The molecule has 4 aromatic rings. The molecule has 0 N–H and O–H groups in total. The number of aromatic nitrogens is 1.